The predicted octanol–water partition coefficient (Wildman–Crippen LogP) is 2.79. The van der Waals surface area contributed by atoms with Crippen molar-refractivity contribution in [3.05, 3.63) is 23.8 Å². The van der Waals surface area contributed by atoms with E-state index in [-0.39, 0.29) is 23.4 Å². The van der Waals surface area contributed by atoms with E-state index in [2.05, 4.69) is 10.6 Å². The van der Waals surface area contributed by atoms with Crippen LogP contribution < -0.4 is 15.4 Å². The Hall–Kier alpha value is -2.57. The number of rotatable bonds is 4. The maximum absolute atomic E-state index is 12.4. The highest BCUT2D eigenvalue weighted by atomic mass is 16.5. The molecule has 146 valence electrons. The van der Waals surface area contributed by atoms with Crippen LogP contribution in [0.5, 0.6) is 5.75 Å². The van der Waals surface area contributed by atoms with Gasteiger partial charge < -0.3 is 20.1 Å². The molecule has 2 aliphatic rings. The lowest BCUT2D eigenvalue weighted by Crippen LogP contribution is -2.45. The highest BCUT2D eigenvalue weighted by Crippen LogP contribution is 2.34. The van der Waals surface area contributed by atoms with Gasteiger partial charge in [0.2, 0.25) is 0 Å². The van der Waals surface area contributed by atoms with Gasteiger partial charge in [0.1, 0.15) is 5.75 Å². The Morgan fingerprint density at radius 1 is 1.26 bits per heavy atom. The first kappa shape index (κ1) is 19.2. The van der Waals surface area contributed by atoms with Crippen LogP contribution in [0, 0.1) is 0 Å². The van der Waals surface area contributed by atoms with Gasteiger partial charge in [-0.25, -0.2) is 4.79 Å². The lowest BCUT2D eigenvalue weighted by atomic mass is 9.95. The summed E-state index contributed by atoms with van der Waals surface area (Å²) in [6.07, 6.45) is 4.46. The molecule has 1 saturated carbocycles. The molecule has 1 aromatic carbocycles. The molecule has 0 saturated heterocycles. The standard InChI is InChI=1S/C20H26N2O5/c1-12(17(23)21-14-7-5-4-6-8-14)26-18(24)13-9-10-16-15(11-13)22-19(25)20(2,3)27-16/h9-12,14H,4-8H2,1-3H3,(H,21,23)(H,22,25). The minimum atomic E-state index is -0.971. The maximum Gasteiger partial charge on any atom is 0.338 e. The minimum Gasteiger partial charge on any atom is -0.476 e. The summed E-state index contributed by atoms with van der Waals surface area (Å²) in [5, 5.41) is 5.67. The van der Waals surface area contributed by atoms with Crippen molar-refractivity contribution in [3.63, 3.8) is 0 Å². The zero-order valence-electron chi connectivity index (χ0n) is 16.0. The number of amides is 2. The van der Waals surface area contributed by atoms with E-state index in [0.29, 0.717) is 11.4 Å². The highest BCUT2D eigenvalue weighted by molar-refractivity contribution is 6.02. The van der Waals surface area contributed by atoms with Gasteiger partial charge in [-0.1, -0.05) is 19.3 Å². The van der Waals surface area contributed by atoms with Gasteiger partial charge in [0.05, 0.1) is 11.3 Å². The van der Waals surface area contributed by atoms with Crippen LogP contribution in [0.15, 0.2) is 18.2 Å². The van der Waals surface area contributed by atoms with Gasteiger partial charge in [-0.15, -0.1) is 0 Å². The highest BCUT2D eigenvalue weighted by Gasteiger charge is 2.35. The van der Waals surface area contributed by atoms with Crippen molar-refractivity contribution in [2.24, 2.45) is 0 Å². The van der Waals surface area contributed by atoms with Crippen LogP contribution in [0.2, 0.25) is 0 Å². The molecular formula is C20H26N2O5. The zero-order chi connectivity index (χ0) is 19.6. The van der Waals surface area contributed by atoms with Crippen LogP contribution in [-0.2, 0) is 14.3 Å². The Bertz CT molecular complexity index is 753. The van der Waals surface area contributed by atoms with E-state index in [1.807, 2.05) is 0 Å². The quantitative estimate of drug-likeness (QED) is 0.791. The van der Waals surface area contributed by atoms with Gasteiger partial charge in [-0.3, -0.25) is 9.59 Å². The molecular weight excluding hydrogens is 348 g/mol. The van der Waals surface area contributed by atoms with Crippen molar-refractivity contribution in [2.45, 2.75) is 70.6 Å². The van der Waals surface area contributed by atoms with E-state index < -0.39 is 17.7 Å². The fourth-order valence-corrected chi connectivity index (χ4v) is 3.29. The second kappa shape index (κ2) is 7.58. The normalized spacial score (nSPS) is 19.9. The molecule has 2 N–H and O–H groups in total. The van der Waals surface area contributed by atoms with Gasteiger partial charge >= 0.3 is 5.97 Å². The summed E-state index contributed by atoms with van der Waals surface area (Å²) >= 11 is 0. The second-order valence-corrected chi connectivity index (χ2v) is 7.67. The summed E-state index contributed by atoms with van der Waals surface area (Å²) in [5.41, 5.74) is -0.316. The zero-order valence-corrected chi connectivity index (χ0v) is 16.0. The SMILES string of the molecule is CC(OC(=O)c1ccc2c(c1)NC(=O)C(C)(C)O2)C(=O)NC1CCCCC1. The van der Waals surface area contributed by atoms with Gasteiger partial charge in [0.15, 0.2) is 11.7 Å². The molecule has 27 heavy (non-hydrogen) atoms. The molecule has 1 aliphatic heterocycles. The van der Waals surface area contributed by atoms with Crippen LogP contribution in [0.1, 0.15) is 63.2 Å². The van der Waals surface area contributed by atoms with E-state index >= 15 is 0 Å². The number of benzene rings is 1. The molecule has 7 heteroatoms. The first-order chi connectivity index (χ1) is 12.8. The Balaban J connectivity index is 1.61. The average Bonchev–Trinajstić information content (AvgIpc) is 2.62. The maximum atomic E-state index is 12.4. The fraction of sp³-hybridized carbons (Fsp3) is 0.550. The average molecular weight is 374 g/mol. The topological polar surface area (TPSA) is 93.7 Å². The molecule has 0 radical (unpaired) electrons. The first-order valence-corrected chi connectivity index (χ1v) is 9.42. The Labute approximate surface area is 158 Å². The molecule has 1 unspecified atom stereocenters. The van der Waals surface area contributed by atoms with Crippen LogP contribution in [0.3, 0.4) is 0 Å². The third-order valence-corrected chi connectivity index (χ3v) is 4.98. The van der Waals surface area contributed by atoms with E-state index in [0.717, 1.165) is 25.7 Å². The number of nitrogens with one attached hydrogen (secondary N) is 2. The summed E-state index contributed by atoms with van der Waals surface area (Å²) < 4.78 is 10.9. The van der Waals surface area contributed by atoms with Gasteiger partial charge in [-0.05, 0) is 51.8 Å². The lowest BCUT2D eigenvalue weighted by Gasteiger charge is -2.31. The molecule has 2 amide bonds. The largest absolute Gasteiger partial charge is 0.476 e. The number of esters is 1. The lowest BCUT2D eigenvalue weighted by molar-refractivity contribution is -0.130. The third kappa shape index (κ3) is 4.40. The molecule has 1 aliphatic carbocycles. The van der Waals surface area contributed by atoms with Crippen molar-refractivity contribution in [2.75, 3.05) is 5.32 Å². The van der Waals surface area contributed by atoms with Crippen molar-refractivity contribution in [1.29, 1.82) is 0 Å². The Kier molecular flexibility index (Phi) is 5.39. The van der Waals surface area contributed by atoms with Gasteiger partial charge in [0.25, 0.3) is 11.8 Å². The number of hydrogen-bond donors (Lipinski definition) is 2. The third-order valence-electron chi connectivity index (χ3n) is 4.98. The molecule has 3 rings (SSSR count). The number of carbonyl (C=O) groups excluding carboxylic acids is 3. The number of ether oxygens (including phenoxy) is 2. The van der Waals surface area contributed by atoms with Gasteiger partial charge in [-0.2, -0.15) is 0 Å². The van der Waals surface area contributed by atoms with Crippen LogP contribution in [0.25, 0.3) is 0 Å². The number of carbonyl (C=O) groups is 3. The summed E-state index contributed by atoms with van der Waals surface area (Å²) in [6, 6.07) is 4.82. The van der Waals surface area contributed by atoms with Gasteiger partial charge in [0, 0.05) is 6.04 Å². The molecule has 1 fully saturated rings. The fourth-order valence-electron chi connectivity index (χ4n) is 3.29. The van der Waals surface area contributed by atoms with E-state index in [4.69, 9.17) is 9.47 Å². The van der Waals surface area contributed by atoms with Crippen LogP contribution in [0.4, 0.5) is 5.69 Å². The number of fused-ring (bicyclic) bond motifs is 1. The summed E-state index contributed by atoms with van der Waals surface area (Å²) in [6.45, 7) is 4.89. The molecule has 0 bridgehead atoms. The van der Waals surface area contributed by atoms with Crippen molar-refractivity contribution >= 4 is 23.5 Å². The summed E-state index contributed by atoms with van der Waals surface area (Å²) in [4.78, 5) is 36.7. The molecule has 1 atom stereocenters. The molecule has 0 aromatic heterocycles. The summed E-state index contributed by atoms with van der Waals surface area (Å²) in [7, 11) is 0. The van der Waals surface area contributed by atoms with E-state index in [1.165, 1.54) is 12.5 Å². The molecule has 1 heterocycles. The number of hydrogen-bond acceptors (Lipinski definition) is 5. The van der Waals surface area contributed by atoms with Crippen LogP contribution in [-0.4, -0.2) is 35.5 Å². The predicted molar refractivity (Wildman–Crippen MR) is 99.7 cm³/mol. The van der Waals surface area contributed by atoms with Crippen molar-refractivity contribution < 1.29 is 23.9 Å². The Morgan fingerprint density at radius 3 is 2.67 bits per heavy atom. The van der Waals surface area contributed by atoms with E-state index in [1.54, 1.807) is 32.9 Å². The second-order valence-electron chi connectivity index (χ2n) is 7.67. The monoisotopic (exact) mass is 374 g/mol. The number of anilines is 1. The smallest absolute Gasteiger partial charge is 0.338 e. The first-order valence-electron chi connectivity index (χ1n) is 9.42. The summed E-state index contributed by atoms with van der Waals surface area (Å²) in [5.74, 6) is -0.713. The Morgan fingerprint density at radius 2 is 1.96 bits per heavy atom. The van der Waals surface area contributed by atoms with E-state index in [9.17, 15) is 14.4 Å². The minimum absolute atomic E-state index is 0.159. The molecule has 0 spiro atoms. The molecule has 1 aromatic rings. The van der Waals surface area contributed by atoms with Crippen LogP contribution >= 0.6 is 0 Å². The van der Waals surface area contributed by atoms with Crippen molar-refractivity contribution in [1.82, 2.24) is 5.32 Å². The molecule has 7 nitrogen and oxygen atoms in total. The van der Waals surface area contributed by atoms with Crippen molar-refractivity contribution in [3.8, 4) is 5.75 Å².